The molecular weight excluding hydrogens is 184 g/mol. The van der Waals surface area contributed by atoms with Crippen molar-refractivity contribution in [3.63, 3.8) is 0 Å². The number of piperazine rings is 1. The van der Waals surface area contributed by atoms with Gasteiger partial charge in [-0.2, -0.15) is 0 Å². The number of rotatable bonds is 3. The van der Waals surface area contributed by atoms with Gasteiger partial charge in [0, 0.05) is 31.7 Å². The second kappa shape index (κ2) is 5.31. The molecule has 1 aliphatic heterocycles. The van der Waals surface area contributed by atoms with Gasteiger partial charge in [0.15, 0.2) is 0 Å². The Labute approximate surface area is 95.4 Å². The Morgan fingerprint density at radius 2 is 2.07 bits per heavy atom. The molecule has 0 aromatic heterocycles. The van der Waals surface area contributed by atoms with Gasteiger partial charge in [0.05, 0.1) is 0 Å². The Hall–Kier alpha value is -0.0800. The van der Waals surface area contributed by atoms with Crippen molar-refractivity contribution in [1.29, 1.82) is 0 Å². The van der Waals surface area contributed by atoms with Crippen LogP contribution in [0.4, 0.5) is 0 Å². The fraction of sp³-hybridized carbons (Fsp3) is 1.00. The summed E-state index contributed by atoms with van der Waals surface area (Å²) in [6.07, 6.45) is 2.62. The molecule has 2 heteroatoms. The summed E-state index contributed by atoms with van der Waals surface area (Å²) < 4.78 is 0. The minimum atomic E-state index is 0.384. The monoisotopic (exact) mass is 212 g/mol. The van der Waals surface area contributed by atoms with Crippen LogP contribution in [0.5, 0.6) is 0 Å². The van der Waals surface area contributed by atoms with Crippen molar-refractivity contribution in [3.05, 3.63) is 0 Å². The summed E-state index contributed by atoms with van der Waals surface area (Å²) in [6, 6.07) is 1.43. The van der Waals surface area contributed by atoms with E-state index in [1.165, 1.54) is 19.4 Å². The molecule has 0 aromatic carbocycles. The third-order valence-electron chi connectivity index (χ3n) is 3.56. The summed E-state index contributed by atoms with van der Waals surface area (Å²) in [6.45, 7) is 15.3. The first-order valence-electron chi connectivity index (χ1n) is 6.43. The van der Waals surface area contributed by atoms with Gasteiger partial charge in [-0.15, -0.1) is 0 Å². The van der Waals surface area contributed by atoms with Crippen molar-refractivity contribution >= 4 is 0 Å². The van der Waals surface area contributed by atoms with E-state index in [0.29, 0.717) is 11.5 Å². The largest absolute Gasteiger partial charge is 0.314 e. The van der Waals surface area contributed by atoms with E-state index < -0.39 is 0 Å². The molecule has 1 rings (SSSR count). The maximum atomic E-state index is 3.53. The van der Waals surface area contributed by atoms with E-state index in [9.17, 15) is 0 Å². The standard InChI is InChI=1S/C13H28N2/c1-6-7-11(2)15-9-8-14-10-12(15)13(3,4)5/h11-12,14H,6-10H2,1-5H3. The Kier molecular flexibility index (Phi) is 4.60. The molecule has 1 fully saturated rings. The second-order valence-electron chi connectivity index (χ2n) is 5.96. The number of nitrogens with one attached hydrogen (secondary N) is 1. The molecule has 1 aliphatic rings. The van der Waals surface area contributed by atoms with Crippen LogP contribution in [0.15, 0.2) is 0 Å². The molecular formula is C13H28N2. The summed E-state index contributed by atoms with van der Waals surface area (Å²) in [7, 11) is 0. The lowest BCUT2D eigenvalue weighted by molar-refractivity contribution is 0.0405. The van der Waals surface area contributed by atoms with E-state index in [4.69, 9.17) is 0 Å². The summed E-state index contributed by atoms with van der Waals surface area (Å²) in [5.41, 5.74) is 0.384. The number of hydrogen-bond donors (Lipinski definition) is 1. The van der Waals surface area contributed by atoms with Crippen LogP contribution in [-0.4, -0.2) is 36.6 Å². The van der Waals surface area contributed by atoms with Gasteiger partial charge in [0.2, 0.25) is 0 Å². The van der Waals surface area contributed by atoms with Crippen molar-refractivity contribution in [1.82, 2.24) is 10.2 Å². The third kappa shape index (κ3) is 3.46. The molecule has 0 radical (unpaired) electrons. The fourth-order valence-electron chi connectivity index (χ4n) is 2.63. The Balaban J connectivity index is 2.65. The minimum absolute atomic E-state index is 0.384. The molecule has 2 nitrogen and oxygen atoms in total. The Morgan fingerprint density at radius 3 is 2.60 bits per heavy atom. The van der Waals surface area contributed by atoms with Crippen LogP contribution in [0.3, 0.4) is 0 Å². The normalized spacial score (nSPS) is 26.6. The van der Waals surface area contributed by atoms with Gasteiger partial charge in [0.1, 0.15) is 0 Å². The van der Waals surface area contributed by atoms with Crippen molar-refractivity contribution < 1.29 is 0 Å². The molecule has 0 amide bonds. The van der Waals surface area contributed by atoms with E-state index in [1.807, 2.05) is 0 Å². The molecule has 1 heterocycles. The van der Waals surface area contributed by atoms with Gasteiger partial charge in [-0.1, -0.05) is 34.1 Å². The lowest BCUT2D eigenvalue weighted by atomic mass is 9.83. The van der Waals surface area contributed by atoms with Crippen LogP contribution in [0, 0.1) is 5.41 Å². The highest BCUT2D eigenvalue weighted by atomic mass is 15.2. The maximum Gasteiger partial charge on any atom is 0.0272 e. The van der Waals surface area contributed by atoms with Crippen molar-refractivity contribution in [3.8, 4) is 0 Å². The van der Waals surface area contributed by atoms with Crippen LogP contribution in [-0.2, 0) is 0 Å². The molecule has 1 saturated heterocycles. The Morgan fingerprint density at radius 1 is 1.40 bits per heavy atom. The lowest BCUT2D eigenvalue weighted by Gasteiger charge is -2.46. The zero-order valence-corrected chi connectivity index (χ0v) is 11.1. The van der Waals surface area contributed by atoms with Crippen LogP contribution in [0.1, 0.15) is 47.5 Å². The second-order valence-corrected chi connectivity index (χ2v) is 5.96. The van der Waals surface area contributed by atoms with E-state index in [2.05, 4.69) is 44.8 Å². The first kappa shape index (κ1) is 13.0. The number of nitrogens with zero attached hydrogens (tertiary/aromatic N) is 1. The predicted molar refractivity (Wildman–Crippen MR) is 67.2 cm³/mol. The zero-order chi connectivity index (χ0) is 11.5. The molecule has 90 valence electrons. The average Bonchev–Trinajstić information content (AvgIpc) is 2.17. The summed E-state index contributed by atoms with van der Waals surface area (Å²) in [5.74, 6) is 0. The van der Waals surface area contributed by atoms with Gasteiger partial charge >= 0.3 is 0 Å². The van der Waals surface area contributed by atoms with Crippen LogP contribution < -0.4 is 5.32 Å². The highest BCUT2D eigenvalue weighted by Gasteiger charge is 2.34. The topological polar surface area (TPSA) is 15.3 Å². The highest BCUT2D eigenvalue weighted by molar-refractivity contribution is 4.90. The highest BCUT2D eigenvalue weighted by Crippen LogP contribution is 2.27. The molecule has 0 saturated carbocycles. The first-order chi connectivity index (χ1) is 6.96. The summed E-state index contributed by atoms with van der Waals surface area (Å²) >= 11 is 0. The maximum absolute atomic E-state index is 3.53. The molecule has 1 N–H and O–H groups in total. The smallest absolute Gasteiger partial charge is 0.0272 e. The molecule has 0 aliphatic carbocycles. The number of hydrogen-bond acceptors (Lipinski definition) is 2. The molecule has 0 spiro atoms. The molecule has 15 heavy (non-hydrogen) atoms. The van der Waals surface area contributed by atoms with E-state index in [1.54, 1.807) is 0 Å². The van der Waals surface area contributed by atoms with Crippen molar-refractivity contribution in [2.45, 2.75) is 59.5 Å². The van der Waals surface area contributed by atoms with E-state index >= 15 is 0 Å². The van der Waals surface area contributed by atoms with Gasteiger partial charge in [-0.05, 0) is 18.8 Å². The van der Waals surface area contributed by atoms with Crippen LogP contribution in [0.2, 0.25) is 0 Å². The van der Waals surface area contributed by atoms with Gasteiger partial charge in [0.25, 0.3) is 0 Å². The average molecular weight is 212 g/mol. The lowest BCUT2D eigenvalue weighted by Crippen LogP contribution is -2.59. The molecule has 0 aromatic rings. The summed E-state index contributed by atoms with van der Waals surface area (Å²) in [5, 5.41) is 3.53. The third-order valence-corrected chi connectivity index (χ3v) is 3.56. The van der Waals surface area contributed by atoms with Crippen LogP contribution in [0.25, 0.3) is 0 Å². The van der Waals surface area contributed by atoms with Gasteiger partial charge < -0.3 is 5.32 Å². The zero-order valence-electron chi connectivity index (χ0n) is 11.1. The fourth-order valence-corrected chi connectivity index (χ4v) is 2.63. The molecule has 2 unspecified atom stereocenters. The first-order valence-corrected chi connectivity index (χ1v) is 6.43. The molecule has 0 bridgehead atoms. The minimum Gasteiger partial charge on any atom is -0.314 e. The predicted octanol–water partition coefficient (Wildman–Crippen LogP) is 2.49. The quantitative estimate of drug-likeness (QED) is 0.773. The van der Waals surface area contributed by atoms with E-state index in [0.717, 1.165) is 19.1 Å². The van der Waals surface area contributed by atoms with E-state index in [-0.39, 0.29) is 0 Å². The Bertz CT molecular complexity index is 183. The van der Waals surface area contributed by atoms with Gasteiger partial charge in [-0.3, -0.25) is 4.90 Å². The van der Waals surface area contributed by atoms with Gasteiger partial charge in [-0.25, -0.2) is 0 Å². The molecule has 2 atom stereocenters. The SMILES string of the molecule is CCCC(C)N1CCNCC1C(C)(C)C. The summed E-state index contributed by atoms with van der Waals surface area (Å²) in [4.78, 5) is 2.71. The van der Waals surface area contributed by atoms with Crippen molar-refractivity contribution in [2.24, 2.45) is 5.41 Å². The van der Waals surface area contributed by atoms with Crippen LogP contribution >= 0.6 is 0 Å². The van der Waals surface area contributed by atoms with Crippen molar-refractivity contribution in [2.75, 3.05) is 19.6 Å².